The normalized spacial score (nSPS) is 19.6. The van der Waals surface area contributed by atoms with Crippen LogP contribution in [0.2, 0.25) is 0 Å². The smallest absolute Gasteiger partial charge is 0.262 e. The first-order valence-electron chi connectivity index (χ1n) is 13.7. The molecule has 0 bridgehead atoms. The van der Waals surface area contributed by atoms with E-state index in [4.69, 9.17) is 9.73 Å². The molecule has 0 radical (unpaired) electrons. The average Bonchev–Trinajstić information content (AvgIpc) is 3.71. The molecule has 5 nitrogen and oxygen atoms in total. The van der Waals surface area contributed by atoms with E-state index < -0.39 is 0 Å². The lowest BCUT2D eigenvalue weighted by Crippen LogP contribution is -2.47. The highest BCUT2D eigenvalue weighted by Crippen LogP contribution is 2.32. The molecule has 1 aliphatic carbocycles. The highest BCUT2D eigenvalue weighted by atomic mass is 32.2. The van der Waals surface area contributed by atoms with Crippen molar-refractivity contribution in [3.63, 3.8) is 0 Å². The number of hydrogen-bond acceptors (Lipinski definition) is 5. The minimum atomic E-state index is 0.114. The molecule has 1 heterocycles. The van der Waals surface area contributed by atoms with E-state index in [2.05, 4.69) is 44.7 Å². The molecule has 2 rings (SSSR count). The summed E-state index contributed by atoms with van der Waals surface area (Å²) in [7, 11) is 1.68. The van der Waals surface area contributed by atoms with Crippen molar-refractivity contribution in [2.24, 2.45) is 10.9 Å². The molecule has 0 aromatic carbocycles. The van der Waals surface area contributed by atoms with Crippen LogP contribution in [-0.4, -0.2) is 67.5 Å². The average molecular weight is 516 g/mol. The van der Waals surface area contributed by atoms with Crippen molar-refractivity contribution in [1.29, 1.82) is 0 Å². The number of amides is 1. The van der Waals surface area contributed by atoms with E-state index in [1.165, 1.54) is 49.7 Å². The number of thioether (sulfide) groups is 1. The number of carbonyl (C=O) groups is 1. The van der Waals surface area contributed by atoms with E-state index in [1.807, 2.05) is 31.2 Å². The minimum Gasteiger partial charge on any atom is -0.501 e. The largest absolute Gasteiger partial charge is 0.501 e. The highest BCUT2D eigenvalue weighted by Gasteiger charge is 2.31. The zero-order valence-electron chi connectivity index (χ0n) is 24.0. The summed E-state index contributed by atoms with van der Waals surface area (Å²) in [6.45, 7) is 16.6. The van der Waals surface area contributed by atoms with E-state index >= 15 is 0 Å². The summed E-state index contributed by atoms with van der Waals surface area (Å²) < 4.78 is 5.55. The predicted octanol–water partition coefficient (Wildman–Crippen LogP) is 6.99. The number of methoxy groups -OCH3 is 1. The molecule has 2 aliphatic rings. The van der Waals surface area contributed by atoms with Crippen LogP contribution >= 0.6 is 11.8 Å². The molecule has 202 valence electrons. The Morgan fingerprint density at radius 1 is 1.11 bits per heavy atom. The quantitative estimate of drug-likeness (QED) is 0.115. The van der Waals surface area contributed by atoms with Gasteiger partial charge in [-0.3, -0.25) is 14.7 Å². The summed E-state index contributed by atoms with van der Waals surface area (Å²) in [5, 5.41) is 0. The fraction of sp³-hybridized carbons (Fsp3) is 0.667. The van der Waals surface area contributed by atoms with Crippen LogP contribution in [0, 0.1) is 5.92 Å². The van der Waals surface area contributed by atoms with Gasteiger partial charge in [-0.05, 0) is 96.1 Å². The third kappa shape index (κ3) is 8.95. The molecule has 6 heteroatoms. The van der Waals surface area contributed by atoms with Crippen LogP contribution in [0.1, 0.15) is 80.1 Å². The minimum absolute atomic E-state index is 0.114. The van der Waals surface area contributed by atoms with Crippen LogP contribution < -0.4 is 0 Å². The molecular weight excluding hydrogens is 466 g/mol. The van der Waals surface area contributed by atoms with Crippen LogP contribution in [0.25, 0.3) is 0 Å². The second-order valence-corrected chi connectivity index (χ2v) is 10.9. The molecule has 0 atom stereocenters. The summed E-state index contributed by atoms with van der Waals surface area (Å²) in [6, 6.07) is 0.611. The monoisotopic (exact) mass is 515 g/mol. The topological polar surface area (TPSA) is 45.1 Å². The van der Waals surface area contributed by atoms with Crippen LogP contribution in [-0.2, 0) is 9.53 Å². The lowest BCUT2D eigenvalue weighted by Gasteiger charge is -2.39. The van der Waals surface area contributed by atoms with Gasteiger partial charge >= 0.3 is 0 Å². The van der Waals surface area contributed by atoms with Crippen molar-refractivity contribution in [3.8, 4) is 0 Å². The maximum atomic E-state index is 13.5. The number of rotatable bonds is 13. The van der Waals surface area contributed by atoms with E-state index in [9.17, 15) is 4.79 Å². The Morgan fingerprint density at radius 2 is 1.78 bits per heavy atom. The van der Waals surface area contributed by atoms with Crippen molar-refractivity contribution in [1.82, 2.24) is 9.80 Å². The fourth-order valence-electron chi connectivity index (χ4n) is 4.72. The van der Waals surface area contributed by atoms with Crippen molar-refractivity contribution in [2.45, 2.75) is 86.1 Å². The Balaban J connectivity index is 2.14. The van der Waals surface area contributed by atoms with Gasteiger partial charge in [-0.15, -0.1) is 11.8 Å². The van der Waals surface area contributed by atoms with Crippen molar-refractivity contribution in [3.05, 3.63) is 45.2 Å². The van der Waals surface area contributed by atoms with Crippen LogP contribution in [0.5, 0.6) is 0 Å². The van der Waals surface area contributed by atoms with Gasteiger partial charge in [0, 0.05) is 37.5 Å². The molecule has 2 fully saturated rings. The number of ether oxygens (including phenoxy) is 1. The first-order chi connectivity index (χ1) is 17.3. The van der Waals surface area contributed by atoms with Crippen molar-refractivity contribution >= 4 is 23.9 Å². The van der Waals surface area contributed by atoms with E-state index in [-0.39, 0.29) is 5.91 Å². The number of aliphatic imine (C=N–C) groups is 1. The van der Waals surface area contributed by atoms with E-state index in [0.29, 0.717) is 6.04 Å². The third-order valence-electron chi connectivity index (χ3n) is 7.37. The van der Waals surface area contributed by atoms with Gasteiger partial charge in [-0.25, -0.2) is 0 Å². The maximum Gasteiger partial charge on any atom is 0.262 e. The van der Waals surface area contributed by atoms with Gasteiger partial charge in [-0.2, -0.15) is 0 Å². The summed E-state index contributed by atoms with van der Waals surface area (Å²) >= 11 is 1.50. The second kappa shape index (κ2) is 15.5. The van der Waals surface area contributed by atoms with Gasteiger partial charge in [0.05, 0.1) is 17.7 Å². The summed E-state index contributed by atoms with van der Waals surface area (Å²) in [5.74, 6) is 1.84. The number of piperidine rings is 1. The lowest BCUT2D eigenvalue weighted by atomic mass is 10.0. The van der Waals surface area contributed by atoms with Gasteiger partial charge in [0.25, 0.3) is 5.91 Å². The number of allylic oxidation sites excluding steroid dienone is 7. The highest BCUT2D eigenvalue weighted by molar-refractivity contribution is 8.03. The molecule has 0 aromatic rings. The molecule has 1 aliphatic heterocycles. The first-order valence-corrected chi connectivity index (χ1v) is 14.9. The first kappa shape index (κ1) is 30.4. The Bertz CT molecular complexity index is 888. The number of likely N-dealkylation sites (tertiary alicyclic amines) is 1. The summed E-state index contributed by atoms with van der Waals surface area (Å²) in [6.07, 6.45) is 15.2. The molecule has 36 heavy (non-hydrogen) atoms. The summed E-state index contributed by atoms with van der Waals surface area (Å²) in [4.78, 5) is 23.7. The van der Waals surface area contributed by atoms with Crippen LogP contribution in [0.3, 0.4) is 0 Å². The van der Waals surface area contributed by atoms with Gasteiger partial charge < -0.3 is 9.64 Å². The number of nitrogens with zero attached hydrogens (tertiary/aromatic N) is 3. The molecule has 0 aromatic heterocycles. The van der Waals surface area contributed by atoms with E-state index in [0.717, 1.165) is 65.8 Å². The third-order valence-corrected chi connectivity index (χ3v) is 8.25. The van der Waals surface area contributed by atoms with Crippen molar-refractivity contribution < 1.29 is 9.53 Å². The number of carbonyl (C=O) groups excluding carboxylic acids is 1. The Kier molecular flexibility index (Phi) is 13.1. The Hall–Kier alpha value is -1.79. The van der Waals surface area contributed by atoms with Gasteiger partial charge in [0.15, 0.2) is 0 Å². The second-order valence-electron chi connectivity index (χ2n) is 10.1. The summed E-state index contributed by atoms with van der Waals surface area (Å²) in [5.41, 5.74) is 4.01. The van der Waals surface area contributed by atoms with Crippen molar-refractivity contribution in [2.75, 3.05) is 39.5 Å². The number of hydrogen-bond donors (Lipinski definition) is 0. The fourth-order valence-corrected chi connectivity index (χ4v) is 5.38. The Morgan fingerprint density at radius 3 is 2.31 bits per heavy atom. The Labute approximate surface area is 224 Å². The lowest BCUT2D eigenvalue weighted by molar-refractivity contribution is -0.128. The van der Waals surface area contributed by atoms with Gasteiger partial charge in [0.2, 0.25) is 0 Å². The molecule has 1 saturated heterocycles. The zero-order valence-corrected chi connectivity index (χ0v) is 24.8. The van der Waals surface area contributed by atoms with Crippen LogP contribution in [0.15, 0.2) is 50.2 Å². The predicted molar refractivity (Wildman–Crippen MR) is 156 cm³/mol. The molecule has 1 saturated carbocycles. The SMILES string of the molecule is CC\C=C/C(C)=C(C)/C(/C=N/C(C)=C(\SC)C(=O)N1CCC(N(CCC)CC2CC2)CC1)=C(\C)OC. The maximum absolute atomic E-state index is 13.5. The molecular formula is C30H49N3O2S. The van der Waals surface area contributed by atoms with E-state index in [1.54, 1.807) is 7.11 Å². The van der Waals surface area contributed by atoms with Gasteiger partial charge in [-0.1, -0.05) is 26.0 Å². The molecule has 0 N–H and O–H groups in total. The standard InChI is InChI=1S/C30H49N3O2S/c1-9-11-12-22(3)23(4)28(25(6)35-7)20-31-24(5)29(36-8)30(34)32-18-15-27(16-19-32)33(17-10-2)21-26-13-14-26/h11-12,20,26-27H,9-10,13-19,21H2,1-8H3/b12-11-,23-22+,28-25+,29-24-,31-20+. The molecule has 0 spiro atoms. The molecule has 1 amide bonds. The molecule has 0 unspecified atom stereocenters. The van der Waals surface area contributed by atoms with Crippen LogP contribution in [0.4, 0.5) is 0 Å². The van der Waals surface area contributed by atoms with Gasteiger partial charge in [0.1, 0.15) is 5.76 Å². The zero-order chi connectivity index (χ0) is 26.7.